The Morgan fingerprint density at radius 3 is 2.79 bits per heavy atom. The van der Waals surface area contributed by atoms with Crippen LogP contribution in [0.2, 0.25) is 0 Å². The van der Waals surface area contributed by atoms with Gasteiger partial charge in [-0.15, -0.1) is 0 Å². The first-order valence-corrected chi connectivity index (χ1v) is 6.89. The first-order valence-electron chi connectivity index (χ1n) is 6.89. The Labute approximate surface area is 113 Å². The minimum atomic E-state index is 0.0247. The number of ether oxygens (including phenoxy) is 1. The lowest BCUT2D eigenvalue weighted by Gasteiger charge is -2.10. The number of oxazole rings is 1. The molecular formula is C14H22N2O3. The fraction of sp³-hybridized carbons (Fsp3) is 0.714. The molecular weight excluding hydrogens is 244 g/mol. The second kappa shape index (κ2) is 6.19. The summed E-state index contributed by atoms with van der Waals surface area (Å²) in [5.74, 6) is 1.39. The molecule has 2 rings (SSSR count). The standard InChI is InChI=1S/C14H22N2O3/c1-9-4-5-12(18-9)6-7-13(17)15-8-14-16-10(2)11(3)19-14/h9,12H,4-8H2,1-3H3,(H,15,17)/t9-,12-/m1/s1. The van der Waals surface area contributed by atoms with E-state index in [0.29, 0.717) is 25.0 Å². The van der Waals surface area contributed by atoms with Gasteiger partial charge in [-0.1, -0.05) is 0 Å². The summed E-state index contributed by atoms with van der Waals surface area (Å²) in [6.07, 6.45) is 4.03. The highest BCUT2D eigenvalue weighted by Gasteiger charge is 2.22. The van der Waals surface area contributed by atoms with E-state index in [0.717, 1.165) is 30.7 Å². The van der Waals surface area contributed by atoms with E-state index in [9.17, 15) is 4.79 Å². The van der Waals surface area contributed by atoms with Crippen LogP contribution in [-0.4, -0.2) is 23.1 Å². The molecule has 0 radical (unpaired) electrons. The number of amides is 1. The van der Waals surface area contributed by atoms with Crippen molar-refractivity contribution >= 4 is 5.91 Å². The van der Waals surface area contributed by atoms with Crippen molar-refractivity contribution in [3.05, 3.63) is 17.3 Å². The maximum Gasteiger partial charge on any atom is 0.220 e. The van der Waals surface area contributed by atoms with E-state index in [4.69, 9.17) is 9.15 Å². The summed E-state index contributed by atoms with van der Waals surface area (Å²) in [5, 5.41) is 2.82. The highest BCUT2D eigenvalue weighted by atomic mass is 16.5. The Hall–Kier alpha value is -1.36. The van der Waals surface area contributed by atoms with Crippen LogP contribution in [0.25, 0.3) is 0 Å². The molecule has 1 aromatic heterocycles. The van der Waals surface area contributed by atoms with E-state index in [-0.39, 0.29) is 12.0 Å². The van der Waals surface area contributed by atoms with Gasteiger partial charge in [-0.25, -0.2) is 4.98 Å². The lowest BCUT2D eigenvalue weighted by atomic mass is 10.1. The van der Waals surface area contributed by atoms with Crippen LogP contribution in [0.4, 0.5) is 0 Å². The third-order valence-corrected chi connectivity index (χ3v) is 3.52. The van der Waals surface area contributed by atoms with Crippen molar-refractivity contribution in [1.29, 1.82) is 0 Å². The van der Waals surface area contributed by atoms with Gasteiger partial charge >= 0.3 is 0 Å². The highest BCUT2D eigenvalue weighted by molar-refractivity contribution is 5.75. The van der Waals surface area contributed by atoms with Gasteiger partial charge in [0.05, 0.1) is 24.4 Å². The molecule has 1 saturated heterocycles. The molecule has 0 aliphatic carbocycles. The molecule has 0 bridgehead atoms. The highest BCUT2D eigenvalue weighted by Crippen LogP contribution is 2.22. The number of carbonyl (C=O) groups is 1. The van der Waals surface area contributed by atoms with Gasteiger partial charge in [0.15, 0.2) is 0 Å². The fourth-order valence-electron chi connectivity index (χ4n) is 2.27. The van der Waals surface area contributed by atoms with Gasteiger partial charge in [0.25, 0.3) is 0 Å². The molecule has 5 heteroatoms. The van der Waals surface area contributed by atoms with Crippen molar-refractivity contribution in [2.24, 2.45) is 0 Å². The Kier molecular flexibility index (Phi) is 4.58. The lowest BCUT2D eigenvalue weighted by Crippen LogP contribution is -2.24. The lowest BCUT2D eigenvalue weighted by molar-refractivity contribution is -0.122. The van der Waals surface area contributed by atoms with Crippen LogP contribution < -0.4 is 5.32 Å². The van der Waals surface area contributed by atoms with Gasteiger partial charge in [-0.3, -0.25) is 4.79 Å². The zero-order valence-electron chi connectivity index (χ0n) is 11.9. The van der Waals surface area contributed by atoms with Gasteiger partial charge in [-0.2, -0.15) is 0 Å². The van der Waals surface area contributed by atoms with Crippen molar-refractivity contribution in [1.82, 2.24) is 10.3 Å². The molecule has 1 aliphatic heterocycles. The van der Waals surface area contributed by atoms with Crippen molar-refractivity contribution in [2.45, 2.75) is 65.2 Å². The molecule has 0 aromatic carbocycles. The average molecular weight is 266 g/mol. The van der Waals surface area contributed by atoms with Crippen LogP contribution in [0.5, 0.6) is 0 Å². The SMILES string of the molecule is Cc1nc(CNC(=O)CC[C@H]2CC[C@@H](C)O2)oc1C. The molecule has 2 atom stereocenters. The second-order valence-corrected chi connectivity index (χ2v) is 5.21. The summed E-state index contributed by atoms with van der Waals surface area (Å²) in [6, 6.07) is 0. The summed E-state index contributed by atoms with van der Waals surface area (Å²) >= 11 is 0. The number of aromatic nitrogens is 1. The Morgan fingerprint density at radius 1 is 1.42 bits per heavy atom. The van der Waals surface area contributed by atoms with Crippen molar-refractivity contribution in [3.63, 3.8) is 0 Å². The molecule has 0 saturated carbocycles. The molecule has 1 aromatic rings. The smallest absolute Gasteiger partial charge is 0.220 e. The summed E-state index contributed by atoms with van der Waals surface area (Å²) in [5.41, 5.74) is 0.873. The van der Waals surface area contributed by atoms with Crippen LogP contribution in [0.1, 0.15) is 50.0 Å². The van der Waals surface area contributed by atoms with Crippen molar-refractivity contribution in [2.75, 3.05) is 0 Å². The Balaban J connectivity index is 1.67. The molecule has 1 amide bonds. The van der Waals surface area contributed by atoms with Crippen LogP contribution in [0.15, 0.2) is 4.42 Å². The summed E-state index contributed by atoms with van der Waals surface area (Å²) in [4.78, 5) is 15.9. The fourth-order valence-corrected chi connectivity index (χ4v) is 2.27. The molecule has 1 fully saturated rings. The number of nitrogens with one attached hydrogen (secondary N) is 1. The van der Waals surface area contributed by atoms with E-state index in [1.54, 1.807) is 0 Å². The quantitative estimate of drug-likeness (QED) is 0.887. The predicted molar refractivity (Wildman–Crippen MR) is 70.6 cm³/mol. The van der Waals surface area contributed by atoms with Crippen LogP contribution in [0, 0.1) is 13.8 Å². The van der Waals surface area contributed by atoms with Gasteiger partial charge in [0, 0.05) is 6.42 Å². The van der Waals surface area contributed by atoms with Gasteiger partial charge < -0.3 is 14.5 Å². The van der Waals surface area contributed by atoms with E-state index < -0.39 is 0 Å². The molecule has 0 unspecified atom stereocenters. The first kappa shape index (κ1) is 14.1. The summed E-state index contributed by atoms with van der Waals surface area (Å²) in [6.45, 7) is 6.19. The molecule has 5 nitrogen and oxygen atoms in total. The Morgan fingerprint density at radius 2 is 2.21 bits per heavy atom. The van der Waals surface area contributed by atoms with Gasteiger partial charge in [-0.05, 0) is 40.0 Å². The van der Waals surface area contributed by atoms with E-state index in [1.165, 1.54) is 0 Å². The number of rotatable bonds is 5. The number of nitrogens with zero attached hydrogens (tertiary/aromatic N) is 1. The number of aryl methyl sites for hydroxylation is 2. The largest absolute Gasteiger partial charge is 0.444 e. The Bertz CT molecular complexity index is 422. The molecule has 106 valence electrons. The molecule has 0 spiro atoms. The average Bonchev–Trinajstić information content (AvgIpc) is 2.91. The van der Waals surface area contributed by atoms with E-state index in [1.807, 2.05) is 13.8 Å². The number of hydrogen-bond donors (Lipinski definition) is 1. The molecule has 1 N–H and O–H groups in total. The zero-order valence-corrected chi connectivity index (χ0v) is 11.9. The van der Waals surface area contributed by atoms with Crippen molar-refractivity contribution < 1.29 is 13.9 Å². The van der Waals surface area contributed by atoms with E-state index in [2.05, 4.69) is 17.2 Å². The van der Waals surface area contributed by atoms with Crippen LogP contribution >= 0.6 is 0 Å². The third kappa shape index (κ3) is 4.06. The zero-order chi connectivity index (χ0) is 13.8. The van der Waals surface area contributed by atoms with Crippen LogP contribution in [0.3, 0.4) is 0 Å². The van der Waals surface area contributed by atoms with Crippen molar-refractivity contribution in [3.8, 4) is 0 Å². The topological polar surface area (TPSA) is 64.4 Å². The number of hydrogen-bond acceptors (Lipinski definition) is 4. The second-order valence-electron chi connectivity index (χ2n) is 5.21. The minimum absolute atomic E-state index is 0.0247. The van der Waals surface area contributed by atoms with Gasteiger partial charge in [0.2, 0.25) is 11.8 Å². The maximum atomic E-state index is 11.7. The number of carbonyl (C=O) groups excluding carboxylic acids is 1. The van der Waals surface area contributed by atoms with Gasteiger partial charge in [0.1, 0.15) is 5.76 Å². The molecule has 19 heavy (non-hydrogen) atoms. The summed E-state index contributed by atoms with van der Waals surface area (Å²) in [7, 11) is 0. The third-order valence-electron chi connectivity index (χ3n) is 3.52. The minimum Gasteiger partial charge on any atom is -0.444 e. The summed E-state index contributed by atoms with van der Waals surface area (Å²) < 4.78 is 11.1. The molecule has 1 aliphatic rings. The maximum absolute atomic E-state index is 11.7. The monoisotopic (exact) mass is 266 g/mol. The molecule has 2 heterocycles. The normalized spacial score (nSPS) is 22.7. The van der Waals surface area contributed by atoms with E-state index >= 15 is 0 Å². The van der Waals surface area contributed by atoms with Crippen LogP contribution in [-0.2, 0) is 16.1 Å². The first-order chi connectivity index (χ1) is 9.04. The predicted octanol–water partition coefficient (Wildman–Crippen LogP) is 2.26.